The monoisotopic (exact) mass is 365 g/mol. The molecule has 0 bridgehead atoms. The molecule has 0 aliphatic carbocycles. The van der Waals surface area contributed by atoms with Crippen LogP contribution in [0, 0.1) is 11.2 Å². The number of ether oxygens (including phenoxy) is 1. The number of rotatable bonds is 6. The molecule has 1 heterocycles. The average Bonchev–Trinajstić information content (AvgIpc) is 2.98. The van der Waals surface area contributed by atoms with Crippen LogP contribution in [0.2, 0.25) is 0 Å². The molecule has 1 unspecified atom stereocenters. The molecule has 1 aromatic carbocycles. The van der Waals surface area contributed by atoms with Gasteiger partial charge in [-0.2, -0.15) is 0 Å². The Morgan fingerprint density at radius 2 is 2.08 bits per heavy atom. The lowest BCUT2D eigenvalue weighted by Gasteiger charge is -2.32. The van der Waals surface area contributed by atoms with E-state index in [4.69, 9.17) is 4.74 Å². The molecular formula is C19H28FN3O3. The van der Waals surface area contributed by atoms with E-state index in [9.17, 15) is 14.0 Å². The molecule has 2 N–H and O–H groups in total. The molecule has 1 fully saturated rings. The second kappa shape index (κ2) is 8.03. The van der Waals surface area contributed by atoms with Crippen LogP contribution in [0.25, 0.3) is 0 Å². The van der Waals surface area contributed by atoms with Gasteiger partial charge in [-0.05, 0) is 24.6 Å². The first-order chi connectivity index (χ1) is 12.2. The maximum atomic E-state index is 13.6. The van der Waals surface area contributed by atoms with E-state index in [2.05, 4.69) is 10.6 Å². The Balaban J connectivity index is 2.22. The normalized spacial score (nSPS) is 20.1. The molecule has 6 nitrogen and oxygen atoms in total. The summed E-state index contributed by atoms with van der Waals surface area (Å²) in [6.07, 6.45) is 0.449. The van der Waals surface area contributed by atoms with Gasteiger partial charge in [0.1, 0.15) is 11.4 Å². The van der Waals surface area contributed by atoms with Gasteiger partial charge in [0.05, 0.1) is 13.2 Å². The zero-order chi connectivity index (χ0) is 19.4. The largest absolute Gasteiger partial charge is 0.383 e. The quantitative estimate of drug-likeness (QED) is 0.757. The van der Waals surface area contributed by atoms with E-state index >= 15 is 0 Å². The summed E-state index contributed by atoms with van der Waals surface area (Å²) in [6, 6.07) is 5.99. The fraction of sp³-hybridized carbons (Fsp3) is 0.579. The molecule has 0 spiro atoms. The fourth-order valence-corrected chi connectivity index (χ4v) is 3.08. The van der Waals surface area contributed by atoms with Crippen molar-refractivity contribution in [2.24, 2.45) is 5.41 Å². The highest BCUT2D eigenvalue weighted by molar-refractivity contribution is 5.92. The predicted octanol–water partition coefficient (Wildman–Crippen LogP) is 2.02. The number of carbonyl (C=O) groups excluding carboxylic acids is 2. The first-order valence-electron chi connectivity index (χ1n) is 8.78. The first kappa shape index (κ1) is 20.2. The van der Waals surface area contributed by atoms with Crippen molar-refractivity contribution >= 4 is 17.5 Å². The van der Waals surface area contributed by atoms with Gasteiger partial charge < -0.3 is 20.3 Å². The smallest absolute Gasteiger partial charge is 0.247 e. The number of halogens is 1. The maximum absolute atomic E-state index is 13.6. The van der Waals surface area contributed by atoms with Crippen LogP contribution in [0.15, 0.2) is 24.3 Å². The lowest BCUT2D eigenvalue weighted by Crippen LogP contribution is -2.55. The predicted molar refractivity (Wildman–Crippen MR) is 98.3 cm³/mol. The van der Waals surface area contributed by atoms with Gasteiger partial charge in [0.15, 0.2) is 0 Å². The number of anilines is 1. The van der Waals surface area contributed by atoms with E-state index in [-0.39, 0.29) is 24.2 Å². The van der Waals surface area contributed by atoms with Crippen molar-refractivity contribution in [2.75, 3.05) is 38.7 Å². The SMILES string of the molecule is COCCNC(=O)C1(Nc2cccc(F)c2)CCN(C(=O)C(C)(C)C)C1. The first-order valence-corrected chi connectivity index (χ1v) is 8.78. The maximum Gasteiger partial charge on any atom is 0.247 e. The number of benzene rings is 1. The number of likely N-dealkylation sites (tertiary alicyclic amines) is 1. The Morgan fingerprint density at radius 3 is 2.69 bits per heavy atom. The molecule has 1 aromatic rings. The van der Waals surface area contributed by atoms with E-state index in [0.717, 1.165) is 0 Å². The number of hydrogen-bond acceptors (Lipinski definition) is 4. The van der Waals surface area contributed by atoms with Gasteiger partial charge in [0, 0.05) is 31.3 Å². The minimum absolute atomic E-state index is 0.00916. The number of methoxy groups -OCH3 is 1. The Hall–Kier alpha value is -2.15. The fourth-order valence-electron chi connectivity index (χ4n) is 3.08. The second-order valence-corrected chi connectivity index (χ2v) is 7.69. The van der Waals surface area contributed by atoms with Crippen LogP contribution in [-0.4, -0.2) is 55.6 Å². The molecule has 1 aliphatic rings. The highest BCUT2D eigenvalue weighted by atomic mass is 19.1. The molecule has 0 aromatic heterocycles. The molecule has 0 saturated carbocycles. The van der Waals surface area contributed by atoms with E-state index in [1.54, 1.807) is 24.1 Å². The number of carbonyl (C=O) groups is 2. The van der Waals surface area contributed by atoms with Gasteiger partial charge in [-0.3, -0.25) is 9.59 Å². The Labute approximate surface area is 154 Å². The molecule has 0 radical (unpaired) electrons. The van der Waals surface area contributed by atoms with Crippen molar-refractivity contribution in [3.63, 3.8) is 0 Å². The van der Waals surface area contributed by atoms with Crippen LogP contribution in [-0.2, 0) is 14.3 Å². The summed E-state index contributed by atoms with van der Waals surface area (Å²) in [5.74, 6) is -0.612. The van der Waals surface area contributed by atoms with Crippen molar-refractivity contribution in [1.29, 1.82) is 0 Å². The molecule has 2 rings (SSSR count). The second-order valence-electron chi connectivity index (χ2n) is 7.69. The minimum Gasteiger partial charge on any atom is -0.383 e. The van der Waals surface area contributed by atoms with Crippen molar-refractivity contribution in [2.45, 2.75) is 32.7 Å². The summed E-state index contributed by atoms with van der Waals surface area (Å²) < 4.78 is 18.5. The summed E-state index contributed by atoms with van der Waals surface area (Å²) >= 11 is 0. The Bertz CT molecular complexity index is 660. The molecule has 1 aliphatic heterocycles. The minimum atomic E-state index is -0.998. The third kappa shape index (κ3) is 4.72. The summed E-state index contributed by atoms with van der Waals surface area (Å²) in [7, 11) is 1.56. The topological polar surface area (TPSA) is 70.7 Å². The summed E-state index contributed by atoms with van der Waals surface area (Å²) in [5, 5.41) is 6.01. The van der Waals surface area contributed by atoms with E-state index in [1.807, 2.05) is 20.8 Å². The molecule has 144 valence electrons. The van der Waals surface area contributed by atoms with Crippen molar-refractivity contribution in [3.05, 3.63) is 30.1 Å². The summed E-state index contributed by atoms with van der Waals surface area (Å²) in [6.45, 7) is 7.03. The van der Waals surface area contributed by atoms with Gasteiger partial charge in [0.25, 0.3) is 0 Å². The number of nitrogens with zero attached hydrogens (tertiary/aromatic N) is 1. The summed E-state index contributed by atoms with van der Waals surface area (Å²) in [5.41, 5.74) is -1.01. The standard InChI is InChI=1S/C19H28FN3O3/c1-18(2,3)17(25)23-10-8-19(13-23,16(24)21-9-11-26-4)22-15-7-5-6-14(20)12-15/h5-7,12,22H,8-11,13H2,1-4H3,(H,21,24). The van der Waals surface area contributed by atoms with E-state index in [1.165, 1.54) is 12.1 Å². The lowest BCUT2D eigenvalue weighted by atomic mass is 9.94. The van der Waals surface area contributed by atoms with Crippen molar-refractivity contribution < 1.29 is 18.7 Å². The van der Waals surface area contributed by atoms with Crippen LogP contribution < -0.4 is 10.6 Å². The van der Waals surface area contributed by atoms with Crippen LogP contribution >= 0.6 is 0 Å². The zero-order valence-corrected chi connectivity index (χ0v) is 15.9. The van der Waals surface area contributed by atoms with Crippen LogP contribution in [0.5, 0.6) is 0 Å². The molecule has 7 heteroatoms. The average molecular weight is 365 g/mol. The highest BCUT2D eigenvalue weighted by Gasteiger charge is 2.47. The molecule has 2 amide bonds. The number of nitrogens with one attached hydrogen (secondary N) is 2. The van der Waals surface area contributed by atoms with Crippen LogP contribution in [0.3, 0.4) is 0 Å². The van der Waals surface area contributed by atoms with Crippen molar-refractivity contribution in [1.82, 2.24) is 10.2 Å². The Morgan fingerprint density at radius 1 is 1.35 bits per heavy atom. The molecule has 1 atom stereocenters. The van der Waals surface area contributed by atoms with Gasteiger partial charge in [-0.15, -0.1) is 0 Å². The third-order valence-corrected chi connectivity index (χ3v) is 4.43. The zero-order valence-electron chi connectivity index (χ0n) is 15.9. The van der Waals surface area contributed by atoms with Crippen LogP contribution in [0.4, 0.5) is 10.1 Å². The third-order valence-electron chi connectivity index (χ3n) is 4.43. The van der Waals surface area contributed by atoms with E-state index < -0.39 is 11.0 Å². The molecule has 1 saturated heterocycles. The van der Waals surface area contributed by atoms with Crippen molar-refractivity contribution in [3.8, 4) is 0 Å². The van der Waals surface area contributed by atoms with Crippen LogP contribution in [0.1, 0.15) is 27.2 Å². The van der Waals surface area contributed by atoms with Gasteiger partial charge in [0.2, 0.25) is 11.8 Å². The highest BCUT2D eigenvalue weighted by Crippen LogP contribution is 2.30. The van der Waals surface area contributed by atoms with Gasteiger partial charge in [-0.1, -0.05) is 26.8 Å². The number of amides is 2. The van der Waals surface area contributed by atoms with Gasteiger partial charge >= 0.3 is 0 Å². The Kier molecular flexibility index (Phi) is 6.23. The lowest BCUT2D eigenvalue weighted by molar-refractivity contribution is -0.138. The molecular weight excluding hydrogens is 337 g/mol. The van der Waals surface area contributed by atoms with Gasteiger partial charge in [-0.25, -0.2) is 4.39 Å². The molecule has 26 heavy (non-hydrogen) atoms. The number of hydrogen-bond donors (Lipinski definition) is 2. The van der Waals surface area contributed by atoms with E-state index in [0.29, 0.717) is 31.8 Å². The summed E-state index contributed by atoms with van der Waals surface area (Å²) in [4.78, 5) is 27.2.